The van der Waals surface area contributed by atoms with E-state index in [-0.39, 0.29) is 6.10 Å². The van der Waals surface area contributed by atoms with Crippen LogP contribution >= 0.6 is 0 Å². The molecule has 3 nitrogen and oxygen atoms in total. The summed E-state index contributed by atoms with van der Waals surface area (Å²) >= 11 is 0. The molecule has 1 atom stereocenters. The van der Waals surface area contributed by atoms with Gasteiger partial charge in [0.05, 0.1) is 11.8 Å². The highest BCUT2D eigenvalue weighted by atomic mass is 16.3. The standard InChI is InChI=1S/C13H14N2O/c16-11-8-4-7-10-12(11)13(15-14-10)9-5-2-1-3-6-9/h1-3,5-6,11,16H,4,7-8H2,(H,14,15)/t11-/m0/s1. The minimum Gasteiger partial charge on any atom is -0.388 e. The maximum Gasteiger partial charge on any atom is 0.0981 e. The van der Waals surface area contributed by atoms with Gasteiger partial charge in [0.1, 0.15) is 0 Å². The Balaban J connectivity index is 2.13. The molecule has 1 aliphatic carbocycles. The van der Waals surface area contributed by atoms with Crippen molar-refractivity contribution in [2.75, 3.05) is 0 Å². The summed E-state index contributed by atoms with van der Waals surface area (Å²) in [6, 6.07) is 10.0. The normalized spacial score (nSPS) is 19.4. The summed E-state index contributed by atoms with van der Waals surface area (Å²) in [4.78, 5) is 0. The Bertz CT molecular complexity index is 490. The van der Waals surface area contributed by atoms with Crippen molar-refractivity contribution in [3.05, 3.63) is 41.6 Å². The van der Waals surface area contributed by atoms with E-state index in [0.717, 1.165) is 41.8 Å². The molecule has 0 saturated heterocycles. The Morgan fingerprint density at radius 2 is 2.06 bits per heavy atom. The summed E-state index contributed by atoms with van der Waals surface area (Å²) < 4.78 is 0. The number of fused-ring (bicyclic) bond motifs is 1. The van der Waals surface area contributed by atoms with Gasteiger partial charge in [-0.3, -0.25) is 5.10 Å². The van der Waals surface area contributed by atoms with E-state index in [9.17, 15) is 5.11 Å². The maximum atomic E-state index is 10.0. The van der Waals surface area contributed by atoms with Gasteiger partial charge in [-0.1, -0.05) is 30.3 Å². The highest BCUT2D eigenvalue weighted by molar-refractivity contribution is 5.64. The topological polar surface area (TPSA) is 48.9 Å². The molecule has 2 N–H and O–H groups in total. The van der Waals surface area contributed by atoms with Crippen LogP contribution in [-0.4, -0.2) is 15.3 Å². The van der Waals surface area contributed by atoms with Crippen LogP contribution in [0.15, 0.2) is 30.3 Å². The maximum absolute atomic E-state index is 10.0. The van der Waals surface area contributed by atoms with Crippen LogP contribution in [0.5, 0.6) is 0 Å². The van der Waals surface area contributed by atoms with Crippen molar-refractivity contribution in [3.8, 4) is 11.3 Å². The second-order valence-corrected chi connectivity index (χ2v) is 4.24. The number of aromatic nitrogens is 2. The smallest absolute Gasteiger partial charge is 0.0981 e. The van der Waals surface area contributed by atoms with Gasteiger partial charge in [-0.15, -0.1) is 0 Å². The molecular weight excluding hydrogens is 200 g/mol. The molecule has 0 unspecified atom stereocenters. The lowest BCUT2D eigenvalue weighted by Crippen LogP contribution is -2.08. The first-order valence-electron chi connectivity index (χ1n) is 5.67. The van der Waals surface area contributed by atoms with Gasteiger partial charge in [-0.2, -0.15) is 5.10 Å². The van der Waals surface area contributed by atoms with E-state index < -0.39 is 0 Å². The summed E-state index contributed by atoms with van der Waals surface area (Å²) in [5, 5.41) is 17.4. The molecule has 3 heteroatoms. The number of benzene rings is 1. The van der Waals surface area contributed by atoms with Crippen LogP contribution in [0, 0.1) is 0 Å². The molecule has 0 amide bonds. The number of aromatic amines is 1. The van der Waals surface area contributed by atoms with Crippen molar-refractivity contribution in [3.63, 3.8) is 0 Å². The Kier molecular flexibility index (Phi) is 2.26. The zero-order valence-corrected chi connectivity index (χ0v) is 8.98. The second-order valence-electron chi connectivity index (χ2n) is 4.24. The fraction of sp³-hybridized carbons (Fsp3) is 0.308. The van der Waals surface area contributed by atoms with Gasteiger partial charge in [-0.25, -0.2) is 0 Å². The minimum atomic E-state index is -0.363. The number of rotatable bonds is 1. The van der Waals surface area contributed by atoms with E-state index in [1.807, 2.05) is 30.3 Å². The predicted octanol–water partition coefficient (Wildman–Crippen LogP) is 2.45. The number of aliphatic hydroxyl groups excluding tert-OH is 1. The predicted molar refractivity (Wildman–Crippen MR) is 61.9 cm³/mol. The van der Waals surface area contributed by atoms with Crippen LogP contribution in [0.2, 0.25) is 0 Å². The first-order valence-corrected chi connectivity index (χ1v) is 5.67. The Hall–Kier alpha value is -1.61. The van der Waals surface area contributed by atoms with Crippen molar-refractivity contribution < 1.29 is 5.11 Å². The summed E-state index contributed by atoms with van der Waals surface area (Å²) in [6.45, 7) is 0. The fourth-order valence-corrected chi connectivity index (χ4v) is 2.37. The van der Waals surface area contributed by atoms with Crippen LogP contribution < -0.4 is 0 Å². The molecule has 0 saturated carbocycles. The van der Waals surface area contributed by atoms with E-state index in [1.54, 1.807) is 0 Å². The van der Waals surface area contributed by atoms with Crippen LogP contribution in [0.3, 0.4) is 0 Å². The van der Waals surface area contributed by atoms with Gasteiger partial charge in [0, 0.05) is 16.8 Å². The van der Waals surface area contributed by atoms with Gasteiger partial charge < -0.3 is 5.11 Å². The van der Waals surface area contributed by atoms with E-state index in [4.69, 9.17) is 0 Å². The Morgan fingerprint density at radius 1 is 1.25 bits per heavy atom. The van der Waals surface area contributed by atoms with Gasteiger partial charge in [0.25, 0.3) is 0 Å². The molecule has 0 bridgehead atoms. The number of aryl methyl sites for hydroxylation is 1. The molecule has 82 valence electrons. The minimum absolute atomic E-state index is 0.363. The Morgan fingerprint density at radius 3 is 2.88 bits per heavy atom. The van der Waals surface area contributed by atoms with Crippen molar-refractivity contribution in [2.24, 2.45) is 0 Å². The van der Waals surface area contributed by atoms with E-state index in [1.165, 1.54) is 0 Å². The molecule has 1 aromatic heterocycles. The van der Waals surface area contributed by atoms with Crippen molar-refractivity contribution in [1.82, 2.24) is 10.2 Å². The summed E-state index contributed by atoms with van der Waals surface area (Å²) in [6.07, 6.45) is 2.50. The van der Waals surface area contributed by atoms with Crippen LogP contribution in [0.4, 0.5) is 0 Å². The van der Waals surface area contributed by atoms with Crippen LogP contribution in [0.25, 0.3) is 11.3 Å². The summed E-state index contributed by atoms with van der Waals surface area (Å²) in [7, 11) is 0. The number of hydrogen-bond acceptors (Lipinski definition) is 2. The van der Waals surface area contributed by atoms with E-state index in [0.29, 0.717) is 0 Å². The molecular formula is C13H14N2O. The Labute approximate surface area is 94.1 Å². The van der Waals surface area contributed by atoms with Gasteiger partial charge in [0.15, 0.2) is 0 Å². The number of hydrogen-bond donors (Lipinski definition) is 2. The molecule has 1 heterocycles. The third-order valence-electron chi connectivity index (χ3n) is 3.17. The average molecular weight is 214 g/mol. The lowest BCUT2D eigenvalue weighted by molar-refractivity contribution is 0.157. The van der Waals surface area contributed by atoms with Gasteiger partial charge in [0.2, 0.25) is 0 Å². The molecule has 0 fully saturated rings. The van der Waals surface area contributed by atoms with Crippen LogP contribution in [-0.2, 0) is 6.42 Å². The van der Waals surface area contributed by atoms with Crippen molar-refractivity contribution in [1.29, 1.82) is 0 Å². The molecule has 0 aliphatic heterocycles. The number of nitrogens with one attached hydrogen (secondary N) is 1. The number of nitrogens with zero attached hydrogens (tertiary/aromatic N) is 1. The van der Waals surface area contributed by atoms with E-state index >= 15 is 0 Å². The lowest BCUT2D eigenvalue weighted by atomic mass is 9.91. The quantitative estimate of drug-likeness (QED) is 0.766. The third-order valence-corrected chi connectivity index (χ3v) is 3.17. The number of H-pyrrole nitrogens is 1. The average Bonchev–Trinajstić information content (AvgIpc) is 2.75. The van der Waals surface area contributed by atoms with Crippen molar-refractivity contribution >= 4 is 0 Å². The molecule has 2 aromatic rings. The third kappa shape index (κ3) is 1.44. The molecule has 1 aliphatic rings. The first-order chi connectivity index (χ1) is 7.86. The fourth-order valence-electron chi connectivity index (χ4n) is 2.37. The summed E-state index contributed by atoms with van der Waals surface area (Å²) in [5.41, 5.74) is 4.07. The first kappa shape index (κ1) is 9.60. The monoisotopic (exact) mass is 214 g/mol. The largest absolute Gasteiger partial charge is 0.388 e. The zero-order chi connectivity index (χ0) is 11.0. The molecule has 16 heavy (non-hydrogen) atoms. The lowest BCUT2D eigenvalue weighted by Gasteiger charge is -2.17. The van der Waals surface area contributed by atoms with Gasteiger partial charge >= 0.3 is 0 Å². The second kappa shape index (κ2) is 3.76. The van der Waals surface area contributed by atoms with E-state index in [2.05, 4.69) is 10.2 Å². The zero-order valence-electron chi connectivity index (χ0n) is 8.98. The highest BCUT2D eigenvalue weighted by Gasteiger charge is 2.24. The number of aliphatic hydroxyl groups is 1. The molecule has 1 aromatic carbocycles. The van der Waals surface area contributed by atoms with Crippen molar-refractivity contribution in [2.45, 2.75) is 25.4 Å². The molecule has 3 rings (SSSR count). The molecule has 0 radical (unpaired) electrons. The highest BCUT2D eigenvalue weighted by Crippen LogP contribution is 2.35. The van der Waals surface area contributed by atoms with Crippen LogP contribution in [0.1, 0.15) is 30.2 Å². The summed E-state index contributed by atoms with van der Waals surface area (Å²) in [5.74, 6) is 0. The van der Waals surface area contributed by atoms with Gasteiger partial charge in [-0.05, 0) is 19.3 Å². The SMILES string of the molecule is O[C@H]1CCCc2[nH]nc(-c3ccccc3)c21. The molecule has 0 spiro atoms.